The van der Waals surface area contributed by atoms with Gasteiger partial charge in [-0.05, 0) is 31.9 Å². The maximum absolute atomic E-state index is 6.15. The molecule has 3 heterocycles. The Bertz CT molecular complexity index is 948. The van der Waals surface area contributed by atoms with Crippen LogP contribution in [0.2, 0.25) is 0 Å². The standard InChI is InChI=1S/C21H21N3O2/c1-15-7-6-10-18(23-15)20-21(24(2)14-22-20)19-13-25-12-17(26-19)11-16-8-4-3-5-9-16/h3-4,6-8,10,12-14H,5,9,11H2,1-2H3. The molecule has 1 aliphatic carbocycles. The van der Waals surface area contributed by atoms with Crippen LogP contribution in [0.3, 0.4) is 0 Å². The van der Waals surface area contributed by atoms with Gasteiger partial charge in [0.2, 0.25) is 0 Å². The predicted molar refractivity (Wildman–Crippen MR) is 100 cm³/mol. The van der Waals surface area contributed by atoms with Gasteiger partial charge < -0.3 is 14.0 Å². The average Bonchev–Trinajstić information content (AvgIpc) is 3.04. The van der Waals surface area contributed by atoms with Gasteiger partial charge >= 0.3 is 0 Å². The molecule has 2 aromatic heterocycles. The molecule has 0 radical (unpaired) electrons. The second kappa shape index (κ2) is 7.04. The van der Waals surface area contributed by atoms with Gasteiger partial charge in [0.15, 0.2) is 5.76 Å². The highest BCUT2D eigenvalue weighted by Gasteiger charge is 2.22. The maximum Gasteiger partial charge on any atom is 0.188 e. The molecule has 1 aliphatic heterocycles. The Hall–Kier alpha value is -3.08. The molecular weight excluding hydrogens is 326 g/mol. The predicted octanol–water partition coefficient (Wildman–Crippen LogP) is 4.64. The zero-order valence-electron chi connectivity index (χ0n) is 15.0. The van der Waals surface area contributed by atoms with Crippen LogP contribution in [0, 0.1) is 6.92 Å². The minimum Gasteiger partial charge on any atom is -0.465 e. The van der Waals surface area contributed by atoms with Crippen LogP contribution >= 0.6 is 0 Å². The van der Waals surface area contributed by atoms with Crippen molar-refractivity contribution in [1.82, 2.24) is 14.5 Å². The third kappa shape index (κ3) is 3.33. The smallest absolute Gasteiger partial charge is 0.188 e. The molecule has 0 atom stereocenters. The second-order valence-electron chi connectivity index (χ2n) is 6.49. The van der Waals surface area contributed by atoms with Crippen LogP contribution in [0.1, 0.15) is 30.7 Å². The molecule has 0 fully saturated rings. The van der Waals surface area contributed by atoms with E-state index in [9.17, 15) is 0 Å². The fourth-order valence-corrected chi connectivity index (χ4v) is 3.15. The normalized spacial score (nSPS) is 16.3. The van der Waals surface area contributed by atoms with Crippen molar-refractivity contribution in [3.63, 3.8) is 0 Å². The monoisotopic (exact) mass is 347 g/mol. The van der Waals surface area contributed by atoms with Crippen molar-refractivity contribution < 1.29 is 9.47 Å². The number of imidazole rings is 1. The van der Waals surface area contributed by atoms with Crippen molar-refractivity contribution in [2.24, 2.45) is 7.05 Å². The van der Waals surface area contributed by atoms with Crippen molar-refractivity contribution >= 4 is 5.76 Å². The summed E-state index contributed by atoms with van der Waals surface area (Å²) in [4.78, 5) is 9.12. The van der Waals surface area contributed by atoms with Crippen LogP contribution in [0.15, 0.2) is 66.6 Å². The summed E-state index contributed by atoms with van der Waals surface area (Å²) in [6, 6.07) is 5.91. The van der Waals surface area contributed by atoms with E-state index in [-0.39, 0.29) is 0 Å². The van der Waals surface area contributed by atoms with E-state index in [0.29, 0.717) is 5.76 Å². The van der Waals surface area contributed by atoms with E-state index >= 15 is 0 Å². The van der Waals surface area contributed by atoms with Gasteiger partial charge in [0.1, 0.15) is 29.7 Å². The second-order valence-corrected chi connectivity index (χ2v) is 6.49. The Labute approximate surface area is 153 Å². The SMILES string of the molecule is Cc1cccc(-c2ncn(C)c2C2=COC=C(CC3=CC=CCC3)O2)n1. The van der Waals surface area contributed by atoms with E-state index < -0.39 is 0 Å². The van der Waals surface area contributed by atoms with E-state index in [1.54, 1.807) is 18.9 Å². The number of allylic oxidation sites excluding steroid dienone is 4. The lowest BCUT2D eigenvalue weighted by atomic mass is 10.0. The number of hydrogen-bond acceptors (Lipinski definition) is 4. The van der Waals surface area contributed by atoms with E-state index in [4.69, 9.17) is 9.47 Å². The Morgan fingerprint density at radius 3 is 2.96 bits per heavy atom. The van der Waals surface area contributed by atoms with Crippen LogP contribution in [0.4, 0.5) is 0 Å². The summed E-state index contributed by atoms with van der Waals surface area (Å²) in [5.74, 6) is 1.45. The van der Waals surface area contributed by atoms with Gasteiger partial charge in [-0.3, -0.25) is 4.98 Å². The first-order valence-corrected chi connectivity index (χ1v) is 8.73. The molecule has 0 unspecified atom stereocenters. The molecule has 26 heavy (non-hydrogen) atoms. The fraction of sp³-hybridized carbons (Fsp3) is 0.238. The summed E-state index contributed by atoms with van der Waals surface area (Å²) in [7, 11) is 1.94. The third-order valence-electron chi connectivity index (χ3n) is 4.42. The topological polar surface area (TPSA) is 49.2 Å². The average molecular weight is 347 g/mol. The van der Waals surface area contributed by atoms with Gasteiger partial charge in [-0.15, -0.1) is 0 Å². The van der Waals surface area contributed by atoms with Crippen LogP contribution in [0.5, 0.6) is 0 Å². The summed E-state index contributed by atoms with van der Waals surface area (Å²) < 4.78 is 13.7. The molecule has 0 amide bonds. The summed E-state index contributed by atoms with van der Waals surface area (Å²) in [5, 5.41) is 0. The zero-order chi connectivity index (χ0) is 17.9. The number of aryl methyl sites for hydroxylation is 2. The van der Waals surface area contributed by atoms with Crippen LogP contribution in [0.25, 0.3) is 17.1 Å². The molecule has 2 aromatic rings. The van der Waals surface area contributed by atoms with Crippen molar-refractivity contribution in [2.75, 3.05) is 0 Å². The lowest BCUT2D eigenvalue weighted by molar-refractivity contribution is 0.271. The largest absolute Gasteiger partial charge is 0.465 e. The van der Waals surface area contributed by atoms with Crippen molar-refractivity contribution in [3.05, 3.63) is 78.0 Å². The molecule has 5 nitrogen and oxygen atoms in total. The van der Waals surface area contributed by atoms with E-state index in [1.807, 2.05) is 36.7 Å². The van der Waals surface area contributed by atoms with Gasteiger partial charge in [0.05, 0.1) is 12.0 Å². The van der Waals surface area contributed by atoms with Crippen molar-refractivity contribution in [1.29, 1.82) is 0 Å². The van der Waals surface area contributed by atoms with Gasteiger partial charge in [0.25, 0.3) is 0 Å². The molecule has 0 saturated carbocycles. The first kappa shape index (κ1) is 16.4. The molecule has 0 saturated heterocycles. The highest BCUT2D eigenvalue weighted by molar-refractivity contribution is 5.72. The van der Waals surface area contributed by atoms with E-state index in [0.717, 1.165) is 47.8 Å². The quantitative estimate of drug-likeness (QED) is 0.808. The van der Waals surface area contributed by atoms with Gasteiger partial charge in [-0.25, -0.2) is 4.98 Å². The third-order valence-corrected chi connectivity index (χ3v) is 4.42. The van der Waals surface area contributed by atoms with Gasteiger partial charge in [-0.1, -0.05) is 29.9 Å². The van der Waals surface area contributed by atoms with Crippen LogP contribution in [-0.4, -0.2) is 14.5 Å². The number of ether oxygens (including phenoxy) is 2. The Morgan fingerprint density at radius 1 is 1.23 bits per heavy atom. The Balaban J connectivity index is 1.60. The van der Waals surface area contributed by atoms with Crippen molar-refractivity contribution in [3.8, 4) is 11.4 Å². The molecule has 4 rings (SSSR count). The highest BCUT2D eigenvalue weighted by atomic mass is 16.5. The molecule has 0 aromatic carbocycles. The molecule has 0 bridgehead atoms. The van der Waals surface area contributed by atoms with Crippen molar-refractivity contribution in [2.45, 2.75) is 26.2 Å². The molecule has 2 aliphatic rings. The summed E-state index contributed by atoms with van der Waals surface area (Å²) in [6.07, 6.45) is 14.4. The van der Waals surface area contributed by atoms with Crippen LogP contribution < -0.4 is 0 Å². The lowest BCUT2D eigenvalue weighted by Crippen LogP contribution is -2.06. The Morgan fingerprint density at radius 2 is 2.15 bits per heavy atom. The van der Waals surface area contributed by atoms with Crippen LogP contribution in [-0.2, 0) is 16.5 Å². The summed E-state index contributed by atoms with van der Waals surface area (Å²) in [6.45, 7) is 1.97. The van der Waals surface area contributed by atoms with E-state index in [1.165, 1.54) is 5.57 Å². The molecule has 0 spiro atoms. The van der Waals surface area contributed by atoms with Gasteiger partial charge in [0, 0.05) is 19.2 Å². The number of pyridine rings is 1. The molecular formula is C21H21N3O2. The first-order chi connectivity index (χ1) is 12.7. The highest BCUT2D eigenvalue weighted by Crippen LogP contribution is 2.33. The van der Waals surface area contributed by atoms with Gasteiger partial charge in [-0.2, -0.15) is 0 Å². The molecule has 0 N–H and O–H groups in total. The molecule has 132 valence electrons. The number of rotatable bonds is 4. The molecule has 5 heteroatoms. The summed E-state index contributed by atoms with van der Waals surface area (Å²) >= 11 is 0. The minimum absolute atomic E-state index is 0.646. The minimum atomic E-state index is 0.646. The lowest BCUT2D eigenvalue weighted by Gasteiger charge is -2.19. The maximum atomic E-state index is 6.15. The Kier molecular flexibility index (Phi) is 4.44. The number of nitrogens with zero attached hydrogens (tertiary/aromatic N) is 3. The summed E-state index contributed by atoms with van der Waals surface area (Å²) in [5.41, 5.74) is 4.75. The van der Waals surface area contributed by atoms with E-state index in [2.05, 4.69) is 28.2 Å². The number of aromatic nitrogens is 3. The first-order valence-electron chi connectivity index (χ1n) is 8.73. The fourth-order valence-electron chi connectivity index (χ4n) is 3.15. The number of hydrogen-bond donors (Lipinski definition) is 0. The zero-order valence-corrected chi connectivity index (χ0v) is 15.0.